The molecule has 1 aromatic carbocycles. The first-order chi connectivity index (χ1) is 16.0. The molecule has 0 unspecified atom stereocenters. The number of aliphatic hydroxyl groups excluding tert-OH is 1. The summed E-state index contributed by atoms with van der Waals surface area (Å²) < 4.78 is 15.4. The molecule has 1 aliphatic carbocycles. The number of carboxylic acids is 1. The SMILES string of the molecule is CC1(C)CCC2(CC1)N[C@@H](C(=O)O)[C@H](c1ccnc(Cl)c1F)[C@@]2(C)c1ccc(Cl)cc1NCO. The van der Waals surface area contributed by atoms with Crippen molar-refractivity contribution in [3.8, 4) is 0 Å². The third kappa shape index (κ3) is 3.96. The lowest BCUT2D eigenvalue weighted by Gasteiger charge is -2.52. The normalized spacial score (nSPS) is 27.6. The molecule has 0 radical (unpaired) electrons. The quantitative estimate of drug-likeness (QED) is 0.321. The molecule has 184 valence electrons. The van der Waals surface area contributed by atoms with Crippen molar-refractivity contribution in [2.45, 2.75) is 69.4 Å². The van der Waals surface area contributed by atoms with E-state index in [9.17, 15) is 15.0 Å². The van der Waals surface area contributed by atoms with Gasteiger partial charge in [0.2, 0.25) is 0 Å². The summed E-state index contributed by atoms with van der Waals surface area (Å²) >= 11 is 12.3. The summed E-state index contributed by atoms with van der Waals surface area (Å²) in [7, 11) is 0. The smallest absolute Gasteiger partial charge is 0.321 e. The largest absolute Gasteiger partial charge is 0.480 e. The molecule has 1 saturated heterocycles. The van der Waals surface area contributed by atoms with Crippen LogP contribution in [0, 0.1) is 11.2 Å². The number of aliphatic carboxylic acids is 1. The van der Waals surface area contributed by atoms with Crippen molar-refractivity contribution in [1.29, 1.82) is 0 Å². The number of nitrogens with zero attached hydrogens (tertiary/aromatic N) is 1. The molecule has 9 heteroatoms. The highest BCUT2D eigenvalue weighted by Crippen LogP contribution is 2.61. The number of rotatable bonds is 5. The second-order valence-electron chi connectivity index (χ2n) is 10.4. The van der Waals surface area contributed by atoms with Crippen LogP contribution in [0.2, 0.25) is 10.2 Å². The average Bonchev–Trinajstić information content (AvgIpc) is 3.02. The molecule has 4 rings (SSSR count). The van der Waals surface area contributed by atoms with Crippen LogP contribution in [0.5, 0.6) is 0 Å². The molecule has 4 N–H and O–H groups in total. The van der Waals surface area contributed by atoms with Crippen LogP contribution in [0.4, 0.5) is 10.1 Å². The van der Waals surface area contributed by atoms with E-state index in [1.54, 1.807) is 12.1 Å². The lowest BCUT2D eigenvalue weighted by molar-refractivity contribution is -0.139. The molecule has 2 heterocycles. The van der Waals surface area contributed by atoms with Crippen molar-refractivity contribution in [3.05, 3.63) is 57.6 Å². The van der Waals surface area contributed by atoms with Crippen molar-refractivity contribution in [1.82, 2.24) is 10.3 Å². The van der Waals surface area contributed by atoms with E-state index in [4.69, 9.17) is 23.2 Å². The first kappa shape index (κ1) is 25.2. The Balaban J connectivity index is 2.02. The van der Waals surface area contributed by atoms with E-state index in [1.807, 2.05) is 13.0 Å². The number of aliphatic hydroxyl groups is 1. The van der Waals surface area contributed by atoms with E-state index < -0.39 is 34.7 Å². The molecule has 2 aliphatic rings. The van der Waals surface area contributed by atoms with Gasteiger partial charge in [0.05, 0.1) is 0 Å². The Labute approximate surface area is 208 Å². The van der Waals surface area contributed by atoms with Crippen LogP contribution >= 0.6 is 23.2 Å². The van der Waals surface area contributed by atoms with E-state index in [1.165, 1.54) is 12.3 Å². The average molecular weight is 510 g/mol. The maximum atomic E-state index is 15.4. The molecule has 0 amide bonds. The fraction of sp³-hybridized carbons (Fsp3) is 0.520. The molecule has 1 aliphatic heterocycles. The molecule has 34 heavy (non-hydrogen) atoms. The van der Waals surface area contributed by atoms with Crippen LogP contribution in [0.3, 0.4) is 0 Å². The summed E-state index contributed by atoms with van der Waals surface area (Å²) in [6.07, 6.45) is 4.58. The monoisotopic (exact) mass is 509 g/mol. The number of pyridine rings is 1. The molecule has 1 spiro atoms. The Morgan fingerprint density at radius 3 is 2.50 bits per heavy atom. The molecule has 3 atom stereocenters. The van der Waals surface area contributed by atoms with Gasteiger partial charge in [-0.2, -0.15) is 0 Å². The van der Waals surface area contributed by atoms with E-state index in [0.29, 0.717) is 23.6 Å². The Morgan fingerprint density at radius 2 is 1.88 bits per heavy atom. The van der Waals surface area contributed by atoms with Gasteiger partial charge in [-0.1, -0.05) is 50.0 Å². The van der Waals surface area contributed by atoms with Crippen molar-refractivity contribution in [2.24, 2.45) is 5.41 Å². The number of aromatic nitrogens is 1. The van der Waals surface area contributed by atoms with Crippen LogP contribution in [0.15, 0.2) is 30.5 Å². The summed E-state index contributed by atoms with van der Waals surface area (Å²) in [5.74, 6) is -2.57. The van der Waals surface area contributed by atoms with E-state index in [2.05, 4.69) is 29.5 Å². The maximum absolute atomic E-state index is 15.4. The number of halogens is 3. The van der Waals surface area contributed by atoms with Crippen LogP contribution in [0.25, 0.3) is 0 Å². The van der Waals surface area contributed by atoms with Gasteiger partial charge < -0.3 is 15.5 Å². The van der Waals surface area contributed by atoms with Gasteiger partial charge in [-0.15, -0.1) is 0 Å². The Hall–Kier alpha value is -1.93. The Morgan fingerprint density at radius 1 is 1.21 bits per heavy atom. The third-order valence-electron chi connectivity index (χ3n) is 8.13. The molecule has 1 aromatic heterocycles. The van der Waals surface area contributed by atoms with Gasteiger partial charge in [0.25, 0.3) is 0 Å². The lowest BCUT2D eigenvalue weighted by atomic mass is 9.53. The van der Waals surface area contributed by atoms with Crippen molar-refractivity contribution >= 4 is 34.9 Å². The maximum Gasteiger partial charge on any atom is 0.321 e. The summed E-state index contributed by atoms with van der Waals surface area (Å²) in [5.41, 5.74) is 0.133. The van der Waals surface area contributed by atoms with Gasteiger partial charge in [-0.25, -0.2) is 9.37 Å². The highest BCUT2D eigenvalue weighted by Gasteiger charge is 2.65. The number of hydrogen-bond acceptors (Lipinski definition) is 5. The molecular weight excluding hydrogens is 480 g/mol. The Kier molecular flexibility index (Phi) is 6.62. The summed E-state index contributed by atoms with van der Waals surface area (Å²) in [6, 6.07) is 5.76. The van der Waals surface area contributed by atoms with Crippen LogP contribution in [-0.4, -0.2) is 39.5 Å². The summed E-state index contributed by atoms with van der Waals surface area (Å²) in [4.78, 5) is 16.5. The molecular formula is C25H30Cl2FN3O3. The standard InChI is InChI=1S/C25H30Cl2FN3O3/c1-23(2)7-9-25(10-8-23)24(3,16-5-4-14(26)12-17(16)30-13-32)18(20(31-25)22(33)34)15-6-11-29-21(27)19(15)28/h4-6,11-12,18,20,30-32H,7-10,13H2,1-3H3,(H,33,34)/t18-,20+,24+/m0/s1. The predicted molar refractivity (Wildman–Crippen MR) is 131 cm³/mol. The number of carbonyl (C=O) groups is 1. The zero-order chi connectivity index (χ0) is 24.9. The van der Waals surface area contributed by atoms with Gasteiger partial charge in [-0.05, 0) is 60.4 Å². The highest BCUT2D eigenvalue weighted by molar-refractivity contribution is 6.31. The summed E-state index contributed by atoms with van der Waals surface area (Å²) in [6.45, 7) is 6.08. The number of anilines is 1. The van der Waals surface area contributed by atoms with E-state index in [-0.39, 0.29) is 22.9 Å². The van der Waals surface area contributed by atoms with Gasteiger partial charge in [0, 0.05) is 33.8 Å². The zero-order valence-corrected chi connectivity index (χ0v) is 21.0. The minimum Gasteiger partial charge on any atom is -0.480 e. The number of hydrogen-bond donors (Lipinski definition) is 4. The lowest BCUT2D eigenvalue weighted by Crippen LogP contribution is -2.57. The van der Waals surface area contributed by atoms with E-state index in [0.717, 1.165) is 18.4 Å². The van der Waals surface area contributed by atoms with Gasteiger partial charge in [-0.3, -0.25) is 10.1 Å². The first-order valence-corrected chi connectivity index (χ1v) is 12.2. The Bertz CT molecular complexity index is 1100. The fourth-order valence-corrected chi connectivity index (χ4v) is 6.51. The van der Waals surface area contributed by atoms with Crippen molar-refractivity contribution in [2.75, 3.05) is 12.0 Å². The number of carboxylic acid groups (broad SMARTS) is 1. The minimum absolute atomic E-state index is 0.113. The van der Waals surface area contributed by atoms with Gasteiger partial charge in [0.15, 0.2) is 11.0 Å². The second-order valence-corrected chi connectivity index (χ2v) is 11.2. The second kappa shape index (κ2) is 8.94. The van der Waals surface area contributed by atoms with E-state index >= 15 is 4.39 Å². The number of nitrogens with one attached hydrogen (secondary N) is 2. The van der Waals surface area contributed by atoms with Gasteiger partial charge >= 0.3 is 5.97 Å². The molecule has 0 bridgehead atoms. The molecule has 2 fully saturated rings. The van der Waals surface area contributed by atoms with Crippen LogP contribution in [-0.2, 0) is 10.2 Å². The van der Waals surface area contributed by atoms with Crippen molar-refractivity contribution < 1.29 is 19.4 Å². The summed E-state index contributed by atoms with van der Waals surface area (Å²) in [5, 5.41) is 26.6. The van der Waals surface area contributed by atoms with Crippen LogP contribution < -0.4 is 10.6 Å². The predicted octanol–water partition coefficient (Wildman–Crippen LogP) is 5.33. The van der Waals surface area contributed by atoms with Crippen LogP contribution in [0.1, 0.15) is 63.5 Å². The van der Waals surface area contributed by atoms with Crippen molar-refractivity contribution in [3.63, 3.8) is 0 Å². The fourth-order valence-electron chi connectivity index (χ4n) is 6.17. The third-order valence-corrected chi connectivity index (χ3v) is 8.63. The minimum atomic E-state index is -1.06. The van der Waals surface area contributed by atoms with Gasteiger partial charge in [0.1, 0.15) is 12.8 Å². The molecule has 2 aromatic rings. The first-order valence-electron chi connectivity index (χ1n) is 11.4. The number of benzene rings is 1. The molecule has 1 saturated carbocycles. The highest BCUT2D eigenvalue weighted by atomic mass is 35.5. The topological polar surface area (TPSA) is 94.5 Å². The zero-order valence-electron chi connectivity index (χ0n) is 19.5. The molecule has 6 nitrogen and oxygen atoms in total.